The van der Waals surface area contributed by atoms with Crippen molar-refractivity contribution in [3.8, 4) is 11.1 Å². The molecule has 0 unspecified atom stereocenters. The first-order valence-electron chi connectivity index (χ1n) is 7.82. The molecule has 0 radical (unpaired) electrons. The second kappa shape index (κ2) is 7.35. The van der Waals surface area contributed by atoms with Crippen LogP contribution in [0.1, 0.15) is 21.7 Å². The fourth-order valence-electron chi connectivity index (χ4n) is 2.62. The molecule has 2 aromatic carbocycles. The molecule has 26 heavy (non-hydrogen) atoms. The van der Waals surface area contributed by atoms with E-state index in [9.17, 15) is 4.79 Å². The molecule has 8 heteroatoms. The third-order valence-electron chi connectivity index (χ3n) is 3.85. The van der Waals surface area contributed by atoms with E-state index in [0.29, 0.717) is 27.9 Å². The van der Waals surface area contributed by atoms with Gasteiger partial charge in [-0.25, -0.2) is 0 Å². The van der Waals surface area contributed by atoms with Crippen molar-refractivity contribution in [2.24, 2.45) is 0 Å². The number of hydrogen-bond donors (Lipinski definition) is 2. The van der Waals surface area contributed by atoms with Gasteiger partial charge in [-0.1, -0.05) is 35.3 Å². The Labute approximate surface area is 160 Å². The fourth-order valence-corrected chi connectivity index (χ4v) is 3.37. The summed E-state index contributed by atoms with van der Waals surface area (Å²) in [6, 6.07) is 10.9. The normalized spacial score (nSPS) is 10.8. The van der Waals surface area contributed by atoms with Gasteiger partial charge in [-0.2, -0.15) is 4.98 Å². The molecule has 0 fully saturated rings. The van der Waals surface area contributed by atoms with Crippen LogP contribution in [0.2, 0.25) is 10.0 Å². The Bertz CT molecular complexity index is 927. The van der Waals surface area contributed by atoms with Crippen LogP contribution in [0.15, 0.2) is 36.4 Å². The number of carbonyl (C=O) groups is 1. The van der Waals surface area contributed by atoms with Crippen molar-refractivity contribution >= 4 is 35.1 Å². The lowest BCUT2D eigenvalue weighted by atomic mass is 10.0. The maximum atomic E-state index is 12.0. The molecule has 0 aliphatic carbocycles. The van der Waals surface area contributed by atoms with Gasteiger partial charge in [-0.3, -0.25) is 9.89 Å². The van der Waals surface area contributed by atoms with Crippen molar-refractivity contribution in [3.63, 3.8) is 0 Å². The van der Waals surface area contributed by atoms with E-state index in [-0.39, 0.29) is 11.9 Å². The highest BCUT2D eigenvalue weighted by molar-refractivity contribution is 6.39. The molecule has 1 heterocycles. The SMILES string of the molecule is CN(C)C(=O)c1ccc(-c2c(Cl)cc(Cc3nc(N)n[nH]3)cc2Cl)cc1. The molecule has 1 aromatic heterocycles. The van der Waals surface area contributed by atoms with Gasteiger partial charge in [0.25, 0.3) is 5.91 Å². The van der Waals surface area contributed by atoms with E-state index < -0.39 is 0 Å². The van der Waals surface area contributed by atoms with Gasteiger partial charge in [-0.05, 0) is 35.4 Å². The molecular weight excluding hydrogens is 373 g/mol. The summed E-state index contributed by atoms with van der Waals surface area (Å²) < 4.78 is 0. The van der Waals surface area contributed by atoms with Crippen molar-refractivity contribution in [2.45, 2.75) is 6.42 Å². The Morgan fingerprint density at radius 3 is 2.27 bits per heavy atom. The van der Waals surface area contributed by atoms with Crippen LogP contribution in [0.25, 0.3) is 11.1 Å². The average molecular weight is 390 g/mol. The number of amides is 1. The Hall–Kier alpha value is -2.57. The minimum absolute atomic E-state index is 0.0598. The zero-order valence-corrected chi connectivity index (χ0v) is 15.8. The summed E-state index contributed by atoms with van der Waals surface area (Å²) in [5.74, 6) is 0.769. The van der Waals surface area contributed by atoms with Gasteiger partial charge in [0, 0.05) is 31.6 Å². The zero-order chi connectivity index (χ0) is 18.8. The van der Waals surface area contributed by atoms with E-state index in [2.05, 4.69) is 15.2 Å². The number of nitrogens with zero attached hydrogens (tertiary/aromatic N) is 3. The number of hydrogen-bond acceptors (Lipinski definition) is 4. The third-order valence-corrected chi connectivity index (χ3v) is 4.45. The summed E-state index contributed by atoms with van der Waals surface area (Å²) in [6.45, 7) is 0. The van der Waals surface area contributed by atoms with E-state index in [1.807, 2.05) is 24.3 Å². The Kier molecular flexibility index (Phi) is 5.15. The molecule has 0 atom stereocenters. The minimum atomic E-state index is -0.0598. The largest absolute Gasteiger partial charge is 0.367 e. The van der Waals surface area contributed by atoms with Crippen LogP contribution in [0.3, 0.4) is 0 Å². The summed E-state index contributed by atoms with van der Waals surface area (Å²) in [7, 11) is 3.43. The second-order valence-corrected chi connectivity index (χ2v) is 6.84. The highest BCUT2D eigenvalue weighted by Gasteiger charge is 2.14. The number of aromatic nitrogens is 3. The number of anilines is 1. The highest BCUT2D eigenvalue weighted by Crippen LogP contribution is 2.36. The maximum Gasteiger partial charge on any atom is 0.253 e. The Morgan fingerprint density at radius 2 is 1.77 bits per heavy atom. The average Bonchev–Trinajstić information content (AvgIpc) is 2.99. The number of rotatable bonds is 4. The molecule has 0 saturated carbocycles. The van der Waals surface area contributed by atoms with Gasteiger partial charge in [0.15, 0.2) is 0 Å². The third kappa shape index (κ3) is 3.81. The molecule has 0 aliphatic rings. The first kappa shape index (κ1) is 18.2. The Morgan fingerprint density at radius 1 is 1.15 bits per heavy atom. The Balaban J connectivity index is 1.89. The predicted octanol–water partition coefficient (Wildman–Crippen LogP) is 3.65. The molecular formula is C18H17Cl2N5O. The number of H-pyrrole nitrogens is 1. The molecule has 134 valence electrons. The zero-order valence-electron chi connectivity index (χ0n) is 14.3. The van der Waals surface area contributed by atoms with Crippen LogP contribution in [0, 0.1) is 0 Å². The quantitative estimate of drug-likeness (QED) is 0.712. The fraction of sp³-hybridized carbons (Fsp3) is 0.167. The maximum absolute atomic E-state index is 12.0. The number of nitrogen functional groups attached to an aromatic ring is 1. The summed E-state index contributed by atoms with van der Waals surface area (Å²) in [5.41, 5.74) is 8.56. The van der Waals surface area contributed by atoms with E-state index in [1.54, 1.807) is 26.2 Å². The van der Waals surface area contributed by atoms with E-state index in [4.69, 9.17) is 28.9 Å². The monoisotopic (exact) mass is 389 g/mol. The first-order chi connectivity index (χ1) is 12.3. The number of benzene rings is 2. The number of nitrogens with one attached hydrogen (secondary N) is 1. The number of carbonyl (C=O) groups excluding carboxylic acids is 1. The van der Waals surface area contributed by atoms with Gasteiger partial charge in [0.2, 0.25) is 5.95 Å². The summed E-state index contributed by atoms with van der Waals surface area (Å²) in [4.78, 5) is 17.6. The van der Waals surface area contributed by atoms with Gasteiger partial charge in [0.05, 0.1) is 10.0 Å². The number of aromatic amines is 1. The van der Waals surface area contributed by atoms with Crippen LogP contribution < -0.4 is 5.73 Å². The molecule has 3 N–H and O–H groups in total. The van der Waals surface area contributed by atoms with E-state index >= 15 is 0 Å². The standard InChI is InChI=1S/C18H17Cl2N5O/c1-25(2)17(26)12-5-3-11(4-6-12)16-13(19)7-10(8-14(16)20)9-15-22-18(21)24-23-15/h3-8H,9H2,1-2H3,(H3,21,22,23,24). The lowest BCUT2D eigenvalue weighted by Crippen LogP contribution is -2.21. The predicted molar refractivity (Wildman–Crippen MR) is 104 cm³/mol. The van der Waals surface area contributed by atoms with Crippen molar-refractivity contribution in [1.82, 2.24) is 20.1 Å². The first-order valence-corrected chi connectivity index (χ1v) is 8.57. The number of halogens is 2. The van der Waals surface area contributed by atoms with Crippen molar-refractivity contribution in [2.75, 3.05) is 19.8 Å². The molecule has 0 bridgehead atoms. The molecule has 3 rings (SSSR count). The van der Waals surface area contributed by atoms with Crippen LogP contribution in [0.4, 0.5) is 5.95 Å². The lowest BCUT2D eigenvalue weighted by molar-refractivity contribution is 0.0827. The van der Waals surface area contributed by atoms with Gasteiger partial charge in [-0.15, -0.1) is 5.10 Å². The van der Waals surface area contributed by atoms with Crippen LogP contribution in [-0.2, 0) is 6.42 Å². The van der Waals surface area contributed by atoms with Gasteiger partial charge < -0.3 is 10.6 Å². The molecule has 3 aromatic rings. The van der Waals surface area contributed by atoms with E-state index in [1.165, 1.54) is 4.90 Å². The minimum Gasteiger partial charge on any atom is -0.367 e. The molecule has 6 nitrogen and oxygen atoms in total. The van der Waals surface area contributed by atoms with Crippen LogP contribution in [0.5, 0.6) is 0 Å². The lowest BCUT2D eigenvalue weighted by Gasteiger charge is -2.12. The molecule has 0 saturated heterocycles. The molecule has 1 amide bonds. The summed E-state index contributed by atoms with van der Waals surface area (Å²) >= 11 is 12.9. The summed E-state index contributed by atoms with van der Waals surface area (Å²) in [6.07, 6.45) is 0.486. The van der Waals surface area contributed by atoms with Gasteiger partial charge >= 0.3 is 0 Å². The van der Waals surface area contributed by atoms with Crippen molar-refractivity contribution in [1.29, 1.82) is 0 Å². The topological polar surface area (TPSA) is 87.9 Å². The van der Waals surface area contributed by atoms with Crippen molar-refractivity contribution in [3.05, 3.63) is 63.4 Å². The van der Waals surface area contributed by atoms with Crippen LogP contribution in [-0.4, -0.2) is 40.1 Å². The molecule has 0 spiro atoms. The van der Waals surface area contributed by atoms with E-state index in [0.717, 1.165) is 16.7 Å². The summed E-state index contributed by atoms with van der Waals surface area (Å²) in [5, 5.41) is 7.60. The van der Waals surface area contributed by atoms with Crippen LogP contribution >= 0.6 is 23.2 Å². The van der Waals surface area contributed by atoms with Crippen molar-refractivity contribution < 1.29 is 4.79 Å². The number of nitrogens with two attached hydrogens (primary N) is 1. The highest BCUT2D eigenvalue weighted by atomic mass is 35.5. The second-order valence-electron chi connectivity index (χ2n) is 6.03. The van der Waals surface area contributed by atoms with Gasteiger partial charge in [0.1, 0.15) is 5.82 Å². The smallest absolute Gasteiger partial charge is 0.253 e. The molecule has 0 aliphatic heterocycles.